The lowest BCUT2D eigenvalue weighted by Gasteiger charge is -2.35. The van der Waals surface area contributed by atoms with Gasteiger partial charge >= 0.3 is 0 Å². The van der Waals surface area contributed by atoms with Crippen molar-refractivity contribution in [1.82, 2.24) is 0 Å². The average molecular weight is 297 g/mol. The van der Waals surface area contributed by atoms with E-state index in [9.17, 15) is 4.21 Å². The molecule has 0 saturated heterocycles. The standard InChI is InChI=1S/C13H30NO2S2/c1-5-14(6-2,7-3)12-10-8-9-11-13-18(15,17)16-4/h5-13H2,1-4H3/q+1. The molecule has 0 N–H and O–H groups in total. The van der Waals surface area contributed by atoms with Gasteiger partial charge in [-0.05, 0) is 40.0 Å². The average Bonchev–Trinajstić information content (AvgIpc) is 2.39. The molecule has 0 amide bonds. The minimum absolute atomic E-state index is 0.522. The van der Waals surface area contributed by atoms with Gasteiger partial charge in [0.05, 0.1) is 39.0 Å². The Kier molecular flexibility index (Phi) is 9.38. The van der Waals surface area contributed by atoms with Crippen LogP contribution in [0.1, 0.15) is 46.5 Å². The maximum absolute atomic E-state index is 11.5. The number of nitrogens with zero attached hydrogens (tertiary/aromatic N) is 1. The third kappa shape index (κ3) is 7.02. The molecule has 18 heavy (non-hydrogen) atoms. The summed E-state index contributed by atoms with van der Waals surface area (Å²) in [5.41, 5.74) is 0. The lowest BCUT2D eigenvalue weighted by molar-refractivity contribution is -0.923. The first kappa shape index (κ1) is 18.3. The Balaban J connectivity index is 3.74. The maximum Gasteiger partial charge on any atom is 0.143 e. The molecule has 0 aromatic heterocycles. The largest absolute Gasteiger partial charge is 0.324 e. The molecule has 0 aliphatic rings. The van der Waals surface area contributed by atoms with E-state index in [4.69, 9.17) is 15.4 Å². The van der Waals surface area contributed by atoms with Gasteiger partial charge in [-0.2, -0.15) is 0 Å². The van der Waals surface area contributed by atoms with Crippen molar-refractivity contribution in [2.24, 2.45) is 0 Å². The molecule has 0 saturated carbocycles. The predicted octanol–water partition coefficient (Wildman–Crippen LogP) is 2.73. The summed E-state index contributed by atoms with van der Waals surface area (Å²) in [6, 6.07) is 0. The predicted molar refractivity (Wildman–Crippen MR) is 82.6 cm³/mol. The Hall–Kier alpha value is 0.290. The summed E-state index contributed by atoms with van der Waals surface area (Å²) < 4.78 is 17.5. The van der Waals surface area contributed by atoms with Crippen LogP contribution in [0.25, 0.3) is 0 Å². The van der Waals surface area contributed by atoms with Crippen molar-refractivity contribution in [3.05, 3.63) is 0 Å². The van der Waals surface area contributed by atoms with E-state index in [1.54, 1.807) is 0 Å². The molecule has 1 unspecified atom stereocenters. The Morgan fingerprint density at radius 1 is 1.00 bits per heavy atom. The van der Waals surface area contributed by atoms with Crippen molar-refractivity contribution in [3.63, 3.8) is 0 Å². The van der Waals surface area contributed by atoms with Crippen LogP contribution in [0, 0.1) is 0 Å². The summed E-state index contributed by atoms with van der Waals surface area (Å²) in [4.78, 5) is 0. The summed E-state index contributed by atoms with van der Waals surface area (Å²) in [7, 11) is -0.984. The van der Waals surface area contributed by atoms with Crippen LogP contribution in [0.5, 0.6) is 0 Å². The number of quaternary nitrogens is 1. The molecule has 0 bridgehead atoms. The van der Waals surface area contributed by atoms with Gasteiger partial charge in [0.25, 0.3) is 0 Å². The van der Waals surface area contributed by atoms with E-state index in [0.29, 0.717) is 5.75 Å². The highest BCUT2D eigenvalue weighted by molar-refractivity contribution is 8.30. The topological polar surface area (TPSA) is 26.3 Å². The molecule has 0 aliphatic carbocycles. The lowest BCUT2D eigenvalue weighted by Crippen LogP contribution is -2.48. The smallest absolute Gasteiger partial charge is 0.143 e. The number of hydrogen-bond donors (Lipinski definition) is 0. The van der Waals surface area contributed by atoms with Crippen LogP contribution in [-0.4, -0.2) is 47.7 Å². The lowest BCUT2D eigenvalue weighted by atomic mass is 10.2. The summed E-state index contributed by atoms with van der Waals surface area (Å²) in [5.74, 6) is 0.522. The van der Waals surface area contributed by atoms with Crippen molar-refractivity contribution in [2.75, 3.05) is 39.0 Å². The summed E-state index contributed by atoms with van der Waals surface area (Å²) >= 11 is 4.84. The zero-order valence-electron chi connectivity index (χ0n) is 12.4. The first-order valence-corrected chi connectivity index (χ1v) is 9.66. The Bertz CT molecular complexity index is 290. The third-order valence-electron chi connectivity index (χ3n) is 4.04. The Morgan fingerprint density at radius 3 is 1.94 bits per heavy atom. The van der Waals surface area contributed by atoms with Gasteiger partial charge in [0.15, 0.2) is 0 Å². The van der Waals surface area contributed by atoms with Gasteiger partial charge < -0.3 is 4.48 Å². The molecule has 0 aliphatic heterocycles. The van der Waals surface area contributed by atoms with Crippen LogP contribution >= 0.6 is 0 Å². The van der Waals surface area contributed by atoms with Crippen LogP contribution in [0.3, 0.4) is 0 Å². The first-order valence-electron chi connectivity index (χ1n) is 7.08. The van der Waals surface area contributed by atoms with Crippen molar-refractivity contribution in [1.29, 1.82) is 0 Å². The molecule has 0 aromatic carbocycles. The summed E-state index contributed by atoms with van der Waals surface area (Å²) in [5, 5.41) is 0. The van der Waals surface area contributed by atoms with E-state index in [-0.39, 0.29) is 0 Å². The van der Waals surface area contributed by atoms with Gasteiger partial charge in [-0.15, -0.1) is 0 Å². The van der Waals surface area contributed by atoms with E-state index in [1.165, 1.54) is 50.6 Å². The zero-order chi connectivity index (χ0) is 14.1. The van der Waals surface area contributed by atoms with Crippen LogP contribution in [0.4, 0.5) is 0 Å². The molecule has 1 atom stereocenters. The molecule has 5 heteroatoms. The number of unbranched alkanes of at least 4 members (excludes halogenated alkanes) is 3. The molecule has 0 aromatic rings. The first-order chi connectivity index (χ1) is 8.45. The van der Waals surface area contributed by atoms with Crippen molar-refractivity contribution < 1.29 is 12.9 Å². The van der Waals surface area contributed by atoms with E-state index < -0.39 is 8.77 Å². The summed E-state index contributed by atoms with van der Waals surface area (Å²) in [6.07, 6.45) is 4.48. The zero-order valence-corrected chi connectivity index (χ0v) is 14.1. The van der Waals surface area contributed by atoms with Crippen LogP contribution in [0.2, 0.25) is 0 Å². The fourth-order valence-corrected chi connectivity index (χ4v) is 3.39. The minimum atomic E-state index is -2.42. The molecule has 0 rings (SSSR count). The van der Waals surface area contributed by atoms with Gasteiger partial charge in [0.1, 0.15) is 8.77 Å². The van der Waals surface area contributed by atoms with Crippen molar-refractivity contribution in [3.8, 4) is 0 Å². The van der Waals surface area contributed by atoms with Gasteiger partial charge in [-0.1, -0.05) is 6.42 Å². The highest BCUT2D eigenvalue weighted by Gasteiger charge is 2.19. The van der Waals surface area contributed by atoms with Crippen LogP contribution in [0.15, 0.2) is 0 Å². The second kappa shape index (κ2) is 9.23. The fraction of sp³-hybridized carbons (Fsp3) is 1.00. The summed E-state index contributed by atoms with van der Waals surface area (Å²) in [6.45, 7) is 11.7. The highest BCUT2D eigenvalue weighted by atomic mass is 32.8. The molecular weight excluding hydrogens is 266 g/mol. The second-order valence-electron chi connectivity index (χ2n) is 4.86. The quantitative estimate of drug-likeness (QED) is 0.433. The minimum Gasteiger partial charge on any atom is -0.324 e. The van der Waals surface area contributed by atoms with Crippen LogP contribution in [-0.2, 0) is 24.1 Å². The highest BCUT2D eigenvalue weighted by Crippen LogP contribution is 2.11. The van der Waals surface area contributed by atoms with Crippen molar-refractivity contribution in [2.45, 2.75) is 46.5 Å². The van der Waals surface area contributed by atoms with Gasteiger partial charge in [-0.25, -0.2) is 4.21 Å². The van der Waals surface area contributed by atoms with Gasteiger partial charge in [0, 0.05) is 11.2 Å². The molecule has 0 spiro atoms. The SMILES string of the molecule is CC[N+](CC)(CC)CCCCCCS(=O)(=S)OC. The Morgan fingerprint density at radius 2 is 1.50 bits per heavy atom. The Labute approximate surface area is 118 Å². The normalized spacial score (nSPS) is 15.6. The van der Waals surface area contributed by atoms with Gasteiger partial charge in [-0.3, -0.25) is 4.18 Å². The van der Waals surface area contributed by atoms with E-state index >= 15 is 0 Å². The van der Waals surface area contributed by atoms with E-state index in [1.807, 2.05) is 0 Å². The third-order valence-corrected chi connectivity index (χ3v) is 6.25. The molecular formula is C13H30NO2S2+. The molecule has 110 valence electrons. The fourth-order valence-electron chi connectivity index (χ4n) is 2.31. The molecule has 0 heterocycles. The van der Waals surface area contributed by atoms with E-state index in [2.05, 4.69) is 20.8 Å². The molecule has 0 fully saturated rings. The molecule has 0 radical (unpaired) electrons. The van der Waals surface area contributed by atoms with Gasteiger partial charge in [0.2, 0.25) is 0 Å². The second-order valence-corrected chi connectivity index (χ2v) is 8.24. The van der Waals surface area contributed by atoms with Crippen LogP contribution < -0.4 is 0 Å². The monoisotopic (exact) mass is 296 g/mol. The number of hydrogen-bond acceptors (Lipinski definition) is 3. The van der Waals surface area contributed by atoms with Crippen molar-refractivity contribution >= 4 is 20.0 Å². The molecule has 3 nitrogen and oxygen atoms in total. The van der Waals surface area contributed by atoms with E-state index in [0.717, 1.165) is 12.8 Å². The number of rotatable bonds is 11. The maximum atomic E-state index is 11.5.